The summed E-state index contributed by atoms with van der Waals surface area (Å²) in [6.07, 6.45) is -2.03. The van der Waals surface area contributed by atoms with E-state index in [2.05, 4.69) is 0 Å². The number of benzene rings is 2. The molecule has 1 fully saturated rings. The van der Waals surface area contributed by atoms with Gasteiger partial charge in [-0.2, -0.15) is 0 Å². The van der Waals surface area contributed by atoms with Gasteiger partial charge >= 0.3 is 0 Å². The Balaban J connectivity index is 0.000000298. The van der Waals surface area contributed by atoms with Crippen LogP contribution in [0, 0.1) is 0 Å². The number of aromatic hydroxyl groups is 2. The number of carbonyl (C=O) groups is 3. The summed E-state index contributed by atoms with van der Waals surface area (Å²) in [5.74, 6) is -2.99. The Morgan fingerprint density at radius 3 is 2.36 bits per heavy atom. The number of hydrogen-bond acceptors (Lipinski definition) is 12. The molecule has 39 heavy (non-hydrogen) atoms. The van der Waals surface area contributed by atoms with Gasteiger partial charge in [0.1, 0.15) is 29.5 Å². The van der Waals surface area contributed by atoms with Crippen molar-refractivity contribution in [3.63, 3.8) is 0 Å². The average Bonchev–Trinajstić information content (AvgIpc) is 2.91. The summed E-state index contributed by atoms with van der Waals surface area (Å²) < 4.78 is 10.1. The largest absolute Gasteiger partial charge is 0.507 e. The zero-order valence-electron chi connectivity index (χ0n) is 21.4. The van der Waals surface area contributed by atoms with Crippen LogP contribution in [0.2, 0.25) is 0 Å². The van der Waals surface area contributed by atoms with Crippen molar-refractivity contribution in [3.8, 4) is 17.2 Å². The minimum atomic E-state index is -1.93. The van der Waals surface area contributed by atoms with Crippen molar-refractivity contribution < 1.29 is 54.5 Å². The Hall–Kier alpha value is -3.39. The number of methoxy groups -OCH3 is 1. The van der Waals surface area contributed by atoms with Crippen LogP contribution in [0.1, 0.15) is 62.7 Å². The molecule has 2 aromatic rings. The number of aliphatic hydroxyl groups is 4. The fraction of sp³-hybridized carbons (Fsp3) is 0.444. The van der Waals surface area contributed by atoms with E-state index in [0.717, 1.165) is 0 Å². The van der Waals surface area contributed by atoms with Gasteiger partial charge in [-0.3, -0.25) is 14.4 Å². The van der Waals surface area contributed by atoms with Crippen LogP contribution < -0.4 is 10.5 Å². The van der Waals surface area contributed by atoms with Crippen molar-refractivity contribution in [2.24, 2.45) is 5.73 Å². The highest BCUT2D eigenvalue weighted by atomic mass is 16.6. The number of ketones is 3. The van der Waals surface area contributed by atoms with E-state index >= 15 is 0 Å². The fourth-order valence-corrected chi connectivity index (χ4v) is 5.31. The first kappa shape index (κ1) is 28.6. The normalized spacial score (nSPS) is 27.5. The van der Waals surface area contributed by atoms with Crippen molar-refractivity contribution in [2.75, 3.05) is 13.7 Å². The average molecular weight is 546 g/mol. The second-order valence-electron chi connectivity index (χ2n) is 9.92. The molecule has 1 heterocycles. The molecule has 0 bridgehead atoms. The predicted octanol–water partition coefficient (Wildman–Crippen LogP) is -0.535. The van der Waals surface area contributed by atoms with Gasteiger partial charge in [0.15, 0.2) is 17.9 Å². The van der Waals surface area contributed by atoms with Gasteiger partial charge in [-0.05, 0) is 25.8 Å². The molecule has 0 spiro atoms. The number of Topliss-reactive ketones (excluding diaryl/α,β-unsaturated/α-hetero) is 1. The van der Waals surface area contributed by atoms with Gasteiger partial charge < -0.3 is 45.8 Å². The Morgan fingerprint density at radius 2 is 1.74 bits per heavy atom. The van der Waals surface area contributed by atoms with E-state index in [0.29, 0.717) is 6.42 Å². The van der Waals surface area contributed by atoms with Gasteiger partial charge in [-0.15, -0.1) is 0 Å². The molecular weight excluding hydrogens is 514 g/mol. The van der Waals surface area contributed by atoms with E-state index in [1.165, 1.54) is 25.3 Å². The quantitative estimate of drug-likeness (QED) is 0.207. The Morgan fingerprint density at radius 1 is 1.10 bits per heavy atom. The lowest BCUT2D eigenvalue weighted by molar-refractivity contribution is -0.198. The molecule has 8 N–H and O–H groups in total. The molecule has 12 heteroatoms. The van der Waals surface area contributed by atoms with Crippen molar-refractivity contribution >= 4 is 17.3 Å². The standard InChI is InChI=1S/C21H18O8.C6H13NO3/c1-29-12-4-2-3-10-14(12)20(27)16-15(18(10)25)19(26)11-7-21(28,13(23)8-22)6-5-9(11)17(16)24;1-3-6(9)4(7)2-5(8)10-3/h2-4,22,24,26,28H,5-8H2,1H3;3-6,8-9H,2,7H2,1H3/t21-;/m1./s1. The highest BCUT2D eigenvalue weighted by Crippen LogP contribution is 2.48. The van der Waals surface area contributed by atoms with Crippen molar-refractivity contribution in [1.29, 1.82) is 0 Å². The number of hydrogen-bond donors (Lipinski definition) is 7. The third kappa shape index (κ3) is 4.80. The molecule has 2 aromatic carbocycles. The summed E-state index contributed by atoms with van der Waals surface area (Å²) >= 11 is 0. The third-order valence-electron chi connectivity index (χ3n) is 7.52. The molecule has 0 saturated carbocycles. The Bertz CT molecular complexity index is 1330. The number of rotatable bonds is 3. The summed E-state index contributed by atoms with van der Waals surface area (Å²) in [5, 5.41) is 59.5. The molecule has 3 aliphatic rings. The summed E-state index contributed by atoms with van der Waals surface area (Å²) in [7, 11) is 1.35. The second kappa shape index (κ2) is 10.6. The zero-order chi connectivity index (χ0) is 28.8. The van der Waals surface area contributed by atoms with Crippen LogP contribution >= 0.6 is 0 Å². The first-order valence-corrected chi connectivity index (χ1v) is 12.4. The number of nitrogens with two attached hydrogens (primary N) is 1. The molecule has 2 aliphatic carbocycles. The van der Waals surface area contributed by atoms with E-state index in [1.807, 2.05) is 0 Å². The number of fused-ring (bicyclic) bond motifs is 3. The number of carbonyl (C=O) groups excluding carboxylic acids is 3. The molecule has 4 unspecified atom stereocenters. The number of aliphatic hydroxyl groups excluding tert-OH is 3. The highest BCUT2D eigenvalue weighted by Gasteiger charge is 2.45. The van der Waals surface area contributed by atoms with Gasteiger partial charge in [0, 0.05) is 35.6 Å². The second-order valence-corrected chi connectivity index (χ2v) is 9.92. The van der Waals surface area contributed by atoms with Gasteiger partial charge in [-0.1, -0.05) is 12.1 Å². The van der Waals surface area contributed by atoms with E-state index in [4.69, 9.17) is 25.4 Å². The molecule has 0 aromatic heterocycles. The zero-order valence-corrected chi connectivity index (χ0v) is 21.4. The van der Waals surface area contributed by atoms with E-state index < -0.39 is 53.5 Å². The molecule has 0 amide bonds. The van der Waals surface area contributed by atoms with Crippen molar-refractivity contribution in [2.45, 2.75) is 62.7 Å². The molecule has 1 aliphatic heterocycles. The van der Waals surface area contributed by atoms with Crippen LogP contribution in [0.15, 0.2) is 18.2 Å². The summed E-state index contributed by atoms with van der Waals surface area (Å²) in [6, 6.07) is 4.11. The minimum Gasteiger partial charge on any atom is -0.507 e. The number of ether oxygens (including phenoxy) is 2. The lowest BCUT2D eigenvalue weighted by Gasteiger charge is -2.34. The first-order valence-electron chi connectivity index (χ1n) is 12.4. The van der Waals surface area contributed by atoms with Crippen molar-refractivity contribution in [3.05, 3.63) is 51.6 Å². The predicted molar refractivity (Wildman–Crippen MR) is 134 cm³/mol. The lowest BCUT2D eigenvalue weighted by atomic mass is 9.73. The van der Waals surface area contributed by atoms with Crippen LogP contribution in [-0.4, -0.2) is 91.8 Å². The fourth-order valence-electron chi connectivity index (χ4n) is 5.31. The van der Waals surface area contributed by atoms with E-state index in [9.17, 15) is 34.8 Å². The third-order valence-corrected chi connectivity index (χ3v) is 7.52. The van der Waals surface area contributed by atoms with Crippen LogP contribution in [0.5, 0.6) is 17.2 Å². The van der Waals surface area contributed by atoms with Gasteiger partial charge in [0.2, 0.25) is 5.78 Å². The van der Waals surface area contributed by atoms with Crippen LogP contribution in [0.4, 0.5) is 0 Å². The summed E-state index contributed by atoms with van der Waals surface area (Å²) in [6.45, 7) is 0.807. The minimum absolute atomic E-state index is 0.00456. The molecular formula is C27H31NO11. The van der Waals surface area contributed by atoms with Crippen LogP contribution in [0.25, 0.3) is 0 Å². The van der Waals surface area contributed by atoms with E-state index in [1.54, 1.807) is 6.92 Å². The van der Waals surface area contributed by atoms with E-state index in [-0.39, 0.29) is 70.5 Å². The topological polar surface area (TPSA) is 217 Å². The molecule has 1 saturated heterocycles. The molecule has 210 valence electrons. The van der Waals surface area contributed by atoms with Gasteiger partial charge in [0.05, 0.1) is 36.0 Å². The number of phenolic OH excluding ortho intramolecular Hbond substituents is 2. The lowest BCUT2D eigenvalue weighted by Crippen LogP contribution is -2.51. The molecule has 0 radical (unpaired) electrons. The number of phenols is 2. The Kier molecular flexibility index (Phi) is 7.81. The molecule has 12 nitrogen and oxygen atoms in total. The van der Waals surface area contributed by atoms with Crippen LogP contribution in [-0.2, 0) is 22.4 Å². The molecule has 5 rings (SSSR count). The maximum atomic E-state index is 13.1. The molecule has 5 atom stereocenters. The summed E-state index contributed by atoms with van der Waals surface area (Å²) in [5.41, 5.74) is 3.09. The maximum Gasteiger partial charge on any atom is 0.202 e. The van der Waals surface area contributed by atoms with Crippen LogP contribution in [0.3, 0.4) is 0 Å². The van der Waals surface area contributed by atoms with Crippen molar-refractivity contribution in [1.82, 2.24) is 0 Å². The SMILES string of the molecule is CC1OC(O)CC(N)C1O.COc1cccc2c1C(=O)c1c(O)c3c(c(O)c1C2=O)C[C@@](O)(C(=O)CO)CC3. The Labute approximate surface area is 223 Å². The smallest absolute Gasteiger partial charge is 0.202 e. The highest BCUT2D eigenvalue weighted by molar-refractivity contribution is 6.31. The first-order chi connectivity index (χ1) is 18.4. The summed E-state index contributed by atoms with van der Waals surface area (Å²) in [4.78, 5) is 38.2. The monoisotopic (exact) mass is 545 g/mol. The van der Waals surface area contributed by atoms with Gasteiger partial charge in [-0.25, -0.2) is 0 Å². The maximum absolute atomic E-state index is 13.1. The van der Waals surface area contributed by atoms with Gasteiger partial charge in [0.25, 0.3) is 0 Å².